The highest BCUT2D eigenvalue weighted by atomic mass is 16.5. The van der Waals surface area contributed by atoms with Crippen molar-refractivity contribution < 1.29 is 9.53 Å². The van der Waals surface area contributed by atoms with Crippen molar-refractivity contribution >= 4 is 5.91 Å². The third-order valence-corrected chi connectivity index (χ3v) is 4.80. The molecule has 2 fully saturated rings. The fraction of sp³-hybridized carbons (Fsp3) is 0.929. The molecule has 104 valence electrons. The van der Waals surface area contributed by atoms with E-state index in [1.165, 1.54) is 6.42 Å². The van der Waals surface area contributed by atoms with Crippen LogP contribution in [-0.2, 0) is 9.53 Å². The van der Waals surface area contributed by atoms with Crippen molar-refractivity contribution in [2.45, 2.75) is 58.3 Å². The molecule has 1 saturated heterocycles. The fourth-order valence-corrected chi connectivity index (χ4v) is 3.39. The van der Waals surface area contributed by atoms with Crippen LogP contribution in [0.3, 0.4) is 0 Å². The van der Waals surface area contributed by atoms with E-state index in [1.807, 2.05) is 13.8 Å². The van der Waals surface area contributed by atoms with E-state index in [9.17, 15) is 4.79 Å². The first-order chi connectivity index (χ1) is 8.50. The van der Waals surface area contributed by atoms with E-state index in [0.717, 1.165) is 19.4 Å². The summed E-state index contributed by atoms with van der Waals surface area (Å²) >= 11 is 0. The number of carbonyl (C=O) groups excluding carboxylic acids is 1. The van der Waals surface area contributed by atoms with Gasteiger partial charge in [0.15, 0.2) is 0 Å². The topological polar surface area (TPSA) is 64.3 Å². The van der Waals surface area contributed by atoms with Gasteiger partial charge in [-0.05, 0) is 38.5 Å². The van der Waals surface area contributed by atoms with E-state index in [4.69, 9.17) is 10.5 Å². The van der Waals surface area contributed by atoms with Crippen molar-refractivity contribution in [1.29, 1.82) is 0 Å². The maximum absolute atomic E-state index is 12.2. The lowest BCUT2D eigenvalue weighted by Crippen LogP contribution is -2.41. The first-order valence-electron chi connectivity index (χ1n) is 7.19. The molecule has 3 N–H and O–H groups in total. The lowest BCUT2D eigenvalue weighted by atomic mass is 9.88. The summed E-state index contributed by atoms with van der Waals surface area (Å²) in [6.45, 7) is 6.86. The number of ether oxygens (including phenoxy) is 1. The number of rotatable bonds is 3. The smallest absolute Gasteiger partial charge is 0.226 e. The molecule has 6 atom stereocenters. The normalized spacial score (nSPS) is 44.2. The van der Waals surface area contributed by atoms with Crippen LogP contribution in [-0.4, -0.2) is 30.7 Å². The van der Waals surface area contributed by atoms with E-state index in [0.29, 0.717) is 5.92 Å². The molecule has 6 unspecified atom stereocenters. The second-order valence-corrected chi connectivity index (χ2v) is 6.03. The number of nitrogens with one attached hydrogen (secondary N) is 1. The standard InChI is InChI=1S/C14H26N2O2/c1-8-9(2)18-10(3)13(8)14(17)16-7-11-5-4-6-12(11)15/h8-13H,4-7,15H2,1-3H3,(H,16,17). The number of nitrogens with two attached hydrogens (primary N) is 1. The number of amides is 1. The van der Waals surface area contributed by atoms with Crippen molar-refractivity contribution in [2.24, 2.45) is 23.5 Å². The van der Waals surface area contributed by atoms with Crippen LogP contribution in [0.2, 0.25) is 0 Å². The lowest BCUT2D eigenvalue weighted by Gasteiger charge is -2.21. The minimum absolute atomic E-state index is 0.0161. The van der Waals surface area contributed by atoms with Crippen LogP contribution >= 0.6 is 0 Å². The molecule has 1 amide bonds. The Bertz CT molecular complexity index is 308. The van der Waals surface area contributed by atoms with Crippen molar-refractivity contribution in [3.63, 3.8) is 0 Å². The molecule has 0 aromatic heterocycles. The Labute approximate surface area is 110 Å². The van der Waals surface area contributed by atoms with Gasteiger partial charge in [-0.2, -0.15) is 0 Å². The van der Waals surface area contributed by atoms with E-state index in [1.54, 1.807) is 0 Å². The molecular weight excluding hydrogens is 228 g/mol. The quantitative estimate of drug-likeness (QED) is 0.797. The maximum atomic E-state index is 12.2. The second kappa shape index (κ2) is 5.57. The van der Waals surface area contributed by atoms with Crippen LogP contribution in [0, 0.1) is 17.8 Å². The third-order valence-electron chi connectivity index (χ3n) is 4.80. The Morgan fingerprint density at radius 1 is 1.28 bits per heavy atom. The molecular formula is C14H26N2O2. The summed E-state index contributed by atoms with van der Waals surface area (Å²) in [4.78, 5) is 12.2. The van der Waals surface area contributed by atoms with E-state index >= 15 is 0 Å². The Morgan fingerprint density at radius 2 is 2.00 bits per heavy atom. The summed E-state index contributed by atoms with van der Waals surface area (Å²) in [5, 5.41) is 3.08. The summed E-state index contributed by atoms with van der Waals surface area (Å²) in [7, 11) is 0. The Morgan fingerprint density at radius 3 is 2.50 bits per heavy atom. The van der Waals surface area contributed by atoms with Gasteiger partial charge in [-0.1, -0.05) is 13.3 Å². The predicted molar refractivity (Wildman–Crippen MR) is 71.0 cm³/mol. The Hall–Kier alpha value is -0.610. The Balaban J connectivity index is 1.84. The fourth-order valence-electron chi connectivity index (χ4n) is 3.39. The average Bonchev–Trinajstić information content (AvgIpc) is 2.81. The van der Waals surface area contributed by atoms with Gasteiger partial charge in [0.1, 0.15) is 0 Å². The number of hydrogen-bond donors (Lipinski definition) is 2. The van der Waals surface area contributed by atoms with Gasteiger partial charge in [-0.15, -0.1) is 0 Å². The molecule has 1 heterocycles. The van der Waals surface area contributed by atoms with E-state index < -0.39 is 0 Å². The van der Waals surface area contributed by atoms with Gasteiger partial charge in [0.2, 0.25) is 5.91 Å². The maximum Gasteiger partial charge on any atom is 0.226 e. The lowest BCUT2D eigenvalue weighted by molar-refractivity contribution is -0.127. The third kappa shape index (κ3) is 2.69. The van der Waals surface area contributed by atoms with Crippen LogP contribution in [0.1, 0.15) is 40.0 Å². The molecule has 1 aliphatic heterocycles. The number of carbonyl (C=O) groups is 1. The van der Waals surface area contributed by atoms with Crippen molar-refractivity contribution in [2.75, 3.05) is 6.54 Å². The van der Waals surface area contributed by atoms with Crippen LogP contribution in [0.5, 0.6) is 0 Å². The molecule has 2 aliphatic rings. The Kier molecular flexibility index (Phi) is 4.28. The van der Waals surface area contributed by atoms with Gasteiger partial charge in [0.05, 0.1) is 18.1 Å². The first-order valence-corrected chi connectivity index (χ1v) is 7.19. The molecule has 4 heteroatoms. The van der Waals surface area contributed by atoms with Crippen LogP contribution in [0.15, 0.2) is 0 Å². The molecule has 4 nitrogen and oxygen atoms in total. The van der Waals surface area contributed by atoms with Gasteiger partial charge >= 0.3 is 0 Å². The first kappa shape index (κ1) is 13.8. The molecule has 18 heavy (non-hydrogen) atoms. The summed E-state index contributed by atoms with van der Waals surface area (Å²) in [5.41, 5.74) is 6.02. The molecule has 1 saturated carbocycles. The van der Waals surface area contributed by atoms with Gasteiger partial charge in [0, 0.05) is 12.6 Å². The number of hydrogen-bond acceptors (Lipinski definition) is 3. The van der Waals surface area contributed by atoms with Crippen molar-refractivity contribution in [1.82, 2.24) is 5.32 Å². The molecule has 0 spiro atoms. The summed E-state index contributed by atoms with van der Waals surface area (Å²) in [6.07, 6.45) is 3.62. The largest absolute Gasteiger partial charge is 0.374 e. The molecule has 2 rings (SSSR count). The molecule has 0 radical (unpaired) electrons. The summed E-state index contributed by atoms with van der Waals surface area (Å²) in [5.74, 6) is 0.868. The van der Waals surface area contributed by atoms with E-state index in [-0.39, 0.29) is 36.0 Å². The summed E-state index contributed by atoms with van der Waals surface area (Å²) < 4.78 is 5.71. The van der Waals surface area contributed by atoms with Crippen molar-refractivity contribution in [3.05, 3.63) is 0 Å². The highest BCUT2D eigenvalue weighted by molar-refractivity contribution is 5.79. The molecule has 0 aromatic carbocycles. The second-order valence-electron chi connectivity index (χ2n) is 6.03. The molecule has 0 bridgehead atoms. The monoisotopic (exact) mass is 254 g/mol. The zero-order valence-corrected chi connectivity index (χ0v) is 11.7. The predicted octanol–water partition coefficient (Wildman–Crippen LogP) is 1.29. The van der Waals surface area contributed by atoms with Crippen LogP contribution < -0.4 is 11.1 Å². The SMILES string of the molecule is CC1OC(C)C(C(=O)NCC2CCCC2N)C1C. The molecule has 0 aromatic rings. The highest BCUT2D eigenvalue weighted by Crippen LogP contribution is 2.32. The average molecular weight is 254 g/mol. The minimum Gasteiger partial charge on any atom is -0.374 e. The van der Waals surface area contributed by atoms with Crippen LogP contribution in [0.4, 0.5) is 0 Å². The zero-order chi connectivity index (χ0) is 13.3. The zero-order valence-electron chi connectivity index (χ0n) is 11.7. The molecule has 1 aliphatic carbocycles. The van der Waals surface area contributed by atoms with Crippen molar-refractivity contribution in [3.8, 4) is 0 Å². The van der Waals surface area contributed by atoms with E-state index in [2.05, 4.69) is 12.2 Å². The van der Waals surface area contributed by atoms with Gasteiger partial charge in [0.25, 0.3) is 0 Å². The van der Waals surface area contributed by atoms with Gasteiger partial charge in [-0.25, -0.2) is 0 Å². The van der Waals surface area contributed by atoms with Gasteiger partial charge in [-0.3, -0.25) is 4.79 Å². The van der Waals surface area contributed by atoms with Gasteiger partial charge < -0.3 is 15.8 Å². The minimum atomic E-state index is -0.0161. The highest BCUT2D eigenvalue weighted by Gasteiger charge is 2.41. The summed E-state index contributed by atoms with van der Waals surface area (Å²) in [6, 6.07) is 0.263. The van der Waals surface area contributed by atoms with Crippen LogP contribution in [0.25, 0.3) is 0 Å².